The normalized spacial score (nSPS) is 22.9. The quantitative estimate of drug-likeness (QED) is 0.311. The van der Waals surface area contributed by atoms with Gasteiger partial charge in [-0.3, -0.25) is 24.0 Å². The molecule has 2 aromatic carbocycles. The van der Waals surface area contributed by atoms with Crippen molar-refractivity contribution in [3.8, 4) is 11.5 Å². The molecule has 0 aliphatic carbocycles. The number of carboxylic acids is 1. The summed E-state index contributed by atoms with van der Waals surface area (Å²) in [4.78, 5) is 59.7. The molecular formula is C29H30O12S. The van der Waals surface area contributed by atoms with Gasteiger partial charge in [-0.25, -0.2) is 0 Å². The Morgan fingerprint density at radius 2 is 1.29 bits per heavy atom. The molecule has 12 nitrogen and oxygen atoms in total. The average molecular weight is 603 g/mol. The molecule has 1 saturated heterocycles. The number of para-hydroxylation sites is 2. The average Bonchev–Trinajstić information content (AvgIpc) is 2.93. The first-order valence-electron chi connectivity index (χ1n) is 13.1. The molecule has 5 atom stereocenters. The number of ether oxygens (including phenoxy) is 6. The van der Waals surface area contributed by atoms with E-state index in [1.807, 2.05) is 48.5 Å². The molecule has 1 fully saturated rings. The van der Waals surface area contributed by atoms with Crippen LogP contribution in [0.1, 0.15) is 50.0 Å². The summed E-state index contributed by atoms with van der Waals surface area (Å²) in [5.41, 5.74) is 0.611. The molecular weight excluding hydrogens is 572 g/mol. The zero-order valence-corrected chi connectivity index (χ0v) is 23.9. The van der Waals surface area contributed by atoms with Crippen molar-refractivity contribution >= 4 is 41.6 Å². The Bertz CT molecular complexity index is 1300. The van der Waals surface area contributed by atoms with Gasteiger partial charge in [-0.1, -0.05) is 36.4 Å². The van der Waals surface area contributed by atoms with Crippen LogP contribution in [0.2, 0.25) is 0 Å². The molecule has 224 valence electrons. The number of carboxylic acid groups (broad SMARTS) is 1. The van der Waals surface area contributed by atoms with Crippen molar-refractivity contribution in [1.82, 2.24) is 0 Å². The fourth-order valence-electron chi connectivity index (χ4n) is 4.70. The number of rotatable bonds is 10. The maximum atomic E-state index is 12.3. The minimum Gasteiger partial charge on any atom is -0.481 e. The van der Waals surface area contributed by atoms with Crippen LogP contribution < -0.4 is 4.74 Å². The number of esters is 4. The van der Waals surface area contributed by atoms with Crippen LogP contribution in [-0.2, 0) is 47.7 Å². The number of fused-ring (bicyclic) bond motifs is 2. The Labute approximate surface area is 245 Å². The zero-order valence-electron chi connectivity index (χ0n) is 23.1. The maximum absolute atomic E-state index is 12.3. The lowest BCUT2D eigenvalue weighted by Crippen LogP contribution is -2.61. The molecule has 2 aliphatic rings. The van der Waals surface area contributed by atoms with Crippen molar-refractivity contribution in [1.29, 1.82) is 0 Å². The highest BCUT2D eigenvalue weighted by molar-refractivity contribution is 8.00. The first kappa shape index (κ1) is 30.8. The molecule has 0 saturated carbocycles. The summed E-state index contributed by atoms with van der Waals surface area (Å²) in [6.07, 6.45) is -5.88. The van der Waals surface area contributed by atoms with E-state index in [1.165, 1.54) is 18.7 Å². The summed E-state index contributed by atoms with van der Waals surface area (Å²) in [6, 6.07) is 14.8. The minimum atomic E-state index is -1.32. The van der Waals surface area contributed by atoms with Crippen LogP contribution >= 0.6 is 11.8 Å². The third-order valence-electron chi connectivity index (χ3n) is 6.34. The van der Waals surface area contributed by atoms with Crippen LogP contribution in [0, 0.1) is 0 Å². The molecule has 1 N–H and O–H groups in total. The van der Waals surface area contributed by atoms with Crippen molar-refractivity contribution in [2.45, 2.75) is 68.7 Å². The molecule has 13 heteroatoms. The van der Waals surface area contributed by atoms with Crippen LogP contribution in [0.4, 0.5) is 0 Å². The van der Waals surface area contributed by atoms with Gasteiger partial charge < -0.3 is 33.5 Å². The Balaban J connectivity index is 1.71. The Kier molecular flexibility index (Phi) is 10.1. The van der Waals surface area contributed by atoms with E-state index in [2.05, 4.69) is 0 Å². The van der Waals surface area contributed by atoms with Crippen molar-refractivity contribution < 1.29 is 57.5 Å². The van der Waals surface area contributed by atoms with E-state index in [0.29, 0.717) is 11.5 Å². The van der Waals surface area contributed by atoms with E-state index in [-0.39, 0.29) is 0 Å². The van der Waals surface area contributed by atoms with E-state index in [4.69, 9.17) is 33.5 Å². The number of carbonyl (C=O) groups is 5. The van der Waals surface area contributed by atoms with Crippen molar-refractivity contribution in [2.75, 3.05) is 6.61 Å². The second kappa shape index (κ2) is 13.7. The largest absolute Gasteiger partial charge is 0.481 e. The van der Waals surface area contributed by atoms with Gasteiger partial charge >= 0.3 is 29.8 Å². The molecule has 0 spiro atoms. The SMILES string of the molecule is CC(=O)O[C@@H]1[C@@H](OC(C)=O)[C@@H](SC2c3ccccc3Oc3ccccc32)O[C@H](COC(=O)CCC(=O)O)[C@H]1OC(C)=O. The van der Waals surface area contributed by atoms with Gasteiger partial charge in [0.25, 0.3) is 0 Å². The summed E-state index contributed by atoms with van der Waals surface area (Å²) in [6.45, 7) is 3.01. The third kappa shape index (κ3) is 7.59. The number of thioether (sulfide) groups is 1. The van der Waals surface area contributed by atoms with Gasteiger partial charge in [0.1, 0.15) is 29.6 Å². The smallest absolute Gasteiger partial charge is 0.306 e. The van der Waals surface area contributed by atoms with Gasteiger partial charge in [-0.05, 0) is 12.1 Å². The summed E-state index contributed by atoms with van der Waals surface area (Å²) in [5.74, 6) is -2.93. The van der Waals surface area contributed by atoms with Crippen molar-refractivity contribution in [3.63, 3.8) is 0 Å². The van der Waals surface area contributed by atoms with Crippen LogP contribution in [0.15, 0.2) is 48.5 Å². The zero-order chi connectivity index (χ0) is 30.4. The number of hydrogen-bond donors (Lipinski definition) is 1. The van der Waals surface area contributed by atoms with Gasteiger partial charge in [0.15, 0.2) is 18.3 Å². The summed E-state index contributed by atoms with van der Waals surface area (Å²) in [5, 5.41) is 8.49. The van der Waals surface area contributed by atoms with Crippen molar-refractivity contribution in [3.05, 3.63) is 59.7 Å². The lowest BCUT2D eigenvalue weighted by molar-refractivity contribution is -0.237. The highest BCUT2D eigenvalue weighted by atomic mass is 32.2. The fraction of sp³-hybridized carbons (Fsp3) is 0.414. The van der Waals surface area contributed by atoms with Gasteiger partial charge in [0.2, 0.25) is 0 Å². The monoisotopic (exact) mass is 602 g/mol. The van der Waals surface area contributed by atoms with Crippen LogP contribution in [-0.4, -0.2) is 71.4 Å². The Hall–Kier alpha value is -4.10. The third-order valence-corrected chi connectivity index (χ3v) is 7.77. The van der Waals surface area contributed by atoms with E-state index < -0.39 is 84.4 Å². The van der Waals surface area contributed by atoms with Gasteiger partial charge in [-0.15, -0.1) is 11.8 Å². The van der Waals surface area contributed by atoms with Crippen LogP contribution in [0.5, 0.6) is 11.5 Å². The first-order valence-corrected chi connectivity index (χ1v) is 14.0. The number of benzene rings is 2. The molecule has 0 aromatic heterocycles. The molecule has 2 aromatic rings. The highest BCUT2D eigenvalue weighted by Crippen LogP contribution is 2.52. The Morgan fingerprint density at radius 1 is 0.762 bits per heavy atom. The molecule has 0 bridgehead atoms. The minimum absolute atomic E-state index is 0.391. The standard InChI is InChI=1S/C29H30O12S/c1-15(30)37-25-22(14-36-24(35)13-12-23(33)34)41-29(27(39-17(3)32)26(25)38-16(2)31)42-28-18-8-4-6-10-20(18)40-21-11-7-5-9-19(21)28/h4-11,22,25-29H,12-14H2,1-3H3,(H,33,34)/t22-,25-,26+,27-,29-/m1/s1. The molecule has 0 unspecified atom stereocenters. The molecule has 4 rings (SSSR count). The summed E-state index contributed by atoms with van der Waals surface area (Å²) in [7, 11) is 0. The fourth-order valence-corrected chi connectivity index (χ4v) is 6.22. The van der Waals surface area contributed by atoms with E-state index in [1.54, 1.807) is 0 Å². The highest BCUT2D eigenvalue weighted by Gasteiger charge is 2.53. The van der Waals surface area contributed by atoms with Gasteiger partial charge in [-0.2, -0.15) is 0 Å². The van der Waals surface area contributed by atoms with E-state index >= 15 is 0 Å². The van der Waals surface area contributed by atoms with Crippen LogP contribution in [0.3, 0.4) is 0 Å². The second-order valence-electron chi connectivity index (χ2n) is 9.54. The van der Waals surface area contributed by atoms with Crippen molar-refractivity contribution in [2.24, 2.45) is 0 Å². The lowest BCUT2D eigenvalue weighted by atomic mass is 9.99. The predicted molar refractivity (Wildman–Crippen MR) is 146 cm³/mol. The lowest BCUT2D eigenvalue weighted by Gasteiger charge is -2.45. The summed E-state index contributed by atoms with van der Waals surface area (Å²) < 4.78 is 34.3. The topological polar surface area (TPSA) is 161 Å². The predicted octanol–water partition coefficient (Wildman–Crippen LogP) is 3.54. The number of hydrogen-bond acceptors (Lipinski definition) is 12. The first-order chi connectivity index (χ1) is 20.0. The molecule has 2 aliphatic heterocycles. The van der Waals surface area contributed by atoms with Gasteiger partial charge in [0.05, 0.1) is 18.1 Å². The maximum Gasteiger partial charge on any atom is 0.306 e. The number of carbonyl (C=O) groups excluding carboxylic acids is 4. The molecule has 2 heterocycles. The van der Waals surface area contributed by atoms with Gasteiger partial charge in [0, 0.05) is 31.9 Å². The molecule has 0 radical (unpaired) electrons. The Morgan fingerprint density at radius 3 is 1.83 bits per heavy atom. The number of aliphatic carboxylic acids is 1. The van der Waals surface area contributed by atoms with E-state index in [0.717, 1.165) is 25.0 Å². The molecule has 42 heavy (non-hydrogen) atoms. The second-order valence-corrected chi connectivity index (χ2v) is 10.7. The van der Waals surface area contributed by atoms with E-state index in [9.17, 15) is 24.0 Å². The molecule has 0 amide bonds. The van der Waals surface area contributed by atoms with Crippen LogP contribution in [0.25, 0.3) is 0 Å². The summed E-state index contributed by atoms with van der Waals surface area (Å²) >= 11 is 1.25.